The molecule has 8 nitrogen and oxygen atoms in total. The van der Waals surface area contributed by atoms with E-state index in [1.54, 1.807) is 30.9 Å². The number of halogens is 1. The number of nitrogens with zero attached hydrogens (tertiary/aromatic N) is 4. The van der Waals surface area contributed by atoms with Gasteiger partial charge in [0.05, 0.1) is 15.3 Å². The number of nitrogens with one attached hydrogen (secondary N) is 3. The SMILES string of the molecule is Cc1ccnc(Nc2ncc(Sc3ccnc(C(=O)NCC4(c5ccncc5)CCNCC4)c3F)s2)c1. The molecule has 0 radical (unpaired) electrons. The number of aryl methyl sites for hydroxylation is 1. The normalized spacial score (nSPS) is 14.8. The molecule has 1 aliphatic rings. The minimum atomic E-state index is -0.642. The number of amides is 1. The third kappa shape index (κ3) is 5.95. The van der Waals surface area contributed by atoms with Gasteiger partial charge in [-0.25, -0.2) is 19.3 Å². The van der Waals surface area contributed by atoms with Gasteiger partial charge in [0, 0.05) is 36.7 Å². The average molecular weight is 536 g/mol. The van der Waals surface area contributed by atoms with E-state index in [2.05, 4.69) is 35.9 Å². The fraction of sp³-hybridized carbons (Fsp3) is 0.269. The number of hydrogen-bond acceptors (Lipinski definition) is 9. The van der Waals surface area contributed by atoms with Crippen LogP contribution in [0.2, 0.25) is 0 Å². The molecule has 0 spiro atoms. The van der Waals surface area contributed by atoms with Crippen molar-refractivity contribution in [2.75, 3.05) is 25.0 Å². The van der Waals surface area contributed by atoms with Crippen LogP contribution in [0.4, 0.5) is 15.3 Å². The lowest BCUT2D eigenvalue weighted by Gasteiger charge is -2.38. The zero-order valence-corrected chi connectivity index (χ0v) is 21.8. The highest BCUT2D eigenvalue weighted by atomic mass is 32.2. The number of thiazole rings is 1. The molecule has 5 heterocycles. The fourth-order valence-corrected chi connectivity index (χ4v) is 6.23. The Morgan fingerprint density at radius 2 is 1.89 bits per heavy atom. The van der Waals surface area contributed by atoms with Gasteiger partial charge in [0.1, 0.15) is 5.82 Å². The number of pyridine rings is 3. The number of aromatic nitrogens is 4. The predicted octanol–water partition coefficient (Wildman–Crippen LogP) is 4.72. The van der Waals surface area contributed by atoms with Gasteiger partial charge >= 0.3 is 0 Å². The standard InChI is InChI=1S/C26H26FN7OS2/c1-17-2-10-30-20(14-17)34-25-32-15-21(37-25)36-19-5-11-31-23(22(19)27)24(35)33-16-26(6-12-29-13-7-26)18-3-8-28-9-4-18/h2-5,8-11,14-15,29H,6-7,12-13,16H2,1H3,(H,33,35)(H,30,32,34). The Bertz CT molecular complexity index is 1380. The topological polar surface area (TPSA) is 105 Å². The molecule has 5 rings (SSSR count). The average Bonchev–Trinajstić information content (AvgIpc) is 3.36. The van der Waals surface area contributed by atoms with E-state index in [9.17, 15) is 4.79 Å². The van der Waals surface area contributed by atoms with Crippen LogP contribution >= 0.6 is 23.1 Å². The van der Waals surface area contributed by atoms with Gasteiger partial charge in [-0.1, -0.05) is 23.1 Å². The van der Waals surface area contributed by atoms with Crippen molar-refractivity contribution in [3.8, 4) is 0 Å². The summed E-state index contributed by atoms with van der Waals surface area (Å²) in [5.41, 5.74) is 1.76. The molecule has 0 saturated carbocycles. The Morgan fingerprint density at radius 1 is 1.11 bits per heavy atom. The van der Waals surface area contributed by atoms with E-state index in [0.29, 0.717) is 22.4 Å². The second-order valence-corrected chi connectivity index (χ2v) is 11.2. The summed E-state index contributed by atoms with van der Waals surface area (Å²) in [6, 6.07) is 9.38. The molecule has 1 aliphatic heterocycles. The maximum Gasteiger partial charge on any atom is 0.273 e. The Kier molecular flexibility index (Phi) is 7.73. The highest BCUT2D eigenvalue weighted by molar-refractivity contribution is 8.01. The second-order valence-electron chi connectivity index (χ2n) is 8.85. The van der Waals surface area contributed by atoms with Gasteiger partial charge in [0.15, 0.2) is 16.6 Å². The lowest BCUT2D eigenvalue weighted by Crippen LogP contribution is -2.47. The summed E-state index contributed by atoms with van der Waals surface area (Å²) in [6.07, 6.45) is 10.1. The van der Waals surface area contributed by atoms with Gasteiger partial charge < -0.3 is 16.0 Å². The van der Waals surface area contributed by atoms with Crippen LogP contribution < -0.4 is 16.0 Å². The first kappa shape index (κ1) is 25.2. The van der Waals surface area contributed by atoms with Crippen LogP contribution in [0.3, 0.4) is 0 Å². The van der Waals surface area contributed by atoms with Gasteiger partial charge in [-0.2, -0.15) is 0 Å². The first-order valence-corrected chi connectivity index (χ1v) is 13.5. The molecule has 0 bridgehead atoms. The molecule has 37 heavy (non-hydrogen) atoms. The number of anilines is 2. The van der Waals surface area contributed by atoms with E-state index in [-0.39, 0.29) is 11.1 Å². The van der Waals surface area contributed by atoms with E-state index in [1.807, 2.05) is 31.2 Å². The van der Waals surface area contributed by atoms with Crippen LogP contribution in [0.25, 0.3) is 0 Å². The number of piperidine rings is 1. The van der Waals surface area contributed by atoms with E-state index in [1.165, 1.54) is 29.3 Å². The van der Waals surface area contributed by atoms with Crippen LogP contribution in [-0.4, -0.2) is 45.5 Å². The maximum absolute atomic E-state index is 15.4. The molecule has 190 valence electrons. The van der Waals surface area contributed by atoms with Gasteiger partial charge in [-0.05, 0) is 74.3 Å². The van der Waals surface area contributed by atoms with Crippen molar-refractivity contribution in [1.82, 2.24) is 30.6 Å². The zero-order valence-electron chi connectivity index (χ0n) is 20.2. The van der Waals surface area contributed by atoms with Gasteiger partial charge in [0.25, 0.3) is 5.91 Å². The lowest BCUT2D eigenvalue weighted by atomic mass is 9.73. The summed E-state index contributed by atoms with van der Waals surface area (Å²) < 4.78 is 16.2. The van der Waals surface area contributed by atoms with Crippen molar-refractivity contribution in [1.29, 1.82) is 0 Å². The summed E-state index contributed by atoms with van der Waals surface area (Å²) in [5, 5.41) is 10.1. The van der Waals surface area contributed by atoms with Crippen LogP contribution in [-0.2, 0) is 5.41 Å². The van der Waals surface area contributed by atoms with E-state index >= 15 is 4.39 Å². The van der Waals surface area contributed by atoms with Crippen LogP contribution in [0.15, 0.2) is 70.4 Å². The highest BCUT2D eigenvalue weighted by Gasteiger charge is 2.34. The summed E-state index contributed by atoms with van der Waals surface area (Å²) in [4.78, 5) is 30.2. The van der Waals surface area contributed by atoms with Crippen molar-refractivity contribution in [3.05, 3.63) is 84.0 Å². The van der Waals surface area contributed by atoms with Gasteiger partial charge in [-0.3, -0.25) is 9.78 Å². The van der Waals surface area contributed by atoms with Crippen molar-refractivity contribution in [3.63, 3.8) is 0 Å². The van der Waals surface area contributed by atoms with E-state index in [4.69, 9.17) is 0 Å². The van der Waals surface area contributed by atoms with Crippen molar-refractivity contribution < 1.29 is 9.18 Å². The molecule has 4 aromatic heterocycles. The minimum Gasteiger partial charge on any atom is -0.350 e. The molecule has 0 aromatic carbocycles. The number of carbonyl (C=O) groups excluding carboxylic acids is 1. The molecule has 1 amide bonds. The summed E-state index contributed by atoms with van der Waals surface area (Å²) in [5.74, 6) is -0.473. The van der Waals surface area contributed by atoms with Gasteiger partial charge in [0.2, 0.25) is 0 Å². The molecule has 11 heteroatoms. The number of carbonyl (C=O) groups is 1. The van der Waals surface area contributed by atoms with Gasteiger partial charge in [-0.15, -0.1) is 0 Å². The molecule has 0 unspecified atom stereocenters. The van der Waals surface area contributed by atoms with E-state index < -0.39 is 11.7 Å². The molecule has 3 N–H and O–H groups in total. The third-order valence-electron chi connectivity index (χ3n) is 6.36. The number of hydrogen-bond donors (Lipinski definition) is 3. The third-order valence-corrected chi connectivity index (χ3v) is 8.40. The highest BCUT2D eigenvalue weighted by Crippen LogP contribution is 2.37. The Morgan fingerprint density at radius 3 is 2.68 bits per heavy atom. The van der Waals surface area contributed by atoms with Crippen LogP contribution in [0, 0.1) is 12.7 Å². The molecule has 0 atom stereocenters. The quantitative estimate of drug-likeness (QED) is 0.298. The summed E-state index contributed by atoms with van der Waals surface area (Å²) in [6.45, 7) is 4.08. The molecule has 4 aromatic rings. The van der Waals surface area contributed by atoms with Crippen molar-refractivity contribution in [2.45, 2.75) is 34.3 Å². The monoisotopic (exact) mass is 535 g/mol. The largest absolute Gasteiger partial charge is 0.350 e. The van der Waals surface area contributed by atoms with Crippen molar-refractivity contribution >= 4 is 40.0 Å². The molecule has 0 aliphatic carbocycles. The molecular weight excluding hydrogens is 509 g/mol. The molecule has 1 fully saturated rings. The number of rotatable bonds is 8. The maximum atomic E-state index is 15.4. The smallest absolute Gasteiger partial charge is 0.273 e. The van der Waals surface area contributed by atoms with Crippen LogP contribution in [0.5, 0.6) is 0 Å². The summed E-state index contributed by atoms with van der Waals surface area (Å²) in [7, 11) is 0. The minimum absolute atomic E-state index is 0.212. The Labute approximate surface area is 222 Å². The first-order valence-electron chi connectivity index (χ1n) is 11.9. The molecule has 1 saturated heterocycles. The van der Waals surface area contributed by atoms with Crippen molar-refractivity contribution in [2.24, 2.45) is 0 Å². The van der Waals surface area contributed by atoms with Crippen LogP contribution in [0.1, 0.15) is 34.5 Å². The lowest BCUT2D eigenvalue weighted by molar-refractivity contribution is 0.0927. The fourth-order valence-electron chi connectivity index (χ4n) is 4.36. The Balaban J connectivity index is 1.27. The predicted molar refractivity (Wildman–Crippen MR) is 143 cm³/mol. The second kappa shape index (κ2) is 11.3. The summed E-state index contributed by atoms with van der Waals surface area (Å²) >= 11 is 2.59. The van der Waals surface area contributed by atoms with E-state index in [0.717, 1.165) is 41.3 Å². The zero-order chi connectivity index (χ0) is 25.7. The Hall–Kier alpha value is -3.41. The molecular formula is C26H26FN7OS2. The first-order chi connectivity index (χ1) is 18.0.